The monoisotopic (exact) mass is 275 g/mol. The summed E-state index contributed by atoms with van der Waals surface area (Å²) in [5.74, 6) is -0.213. The Morgan fingerprint density at radius 2 is 1.47 bits per heavy atom. The van der Waals surface area contributed by atoms with Crippen LogP contribution in [0.2, 0.25) is 0 Å². The Hall–Kier alpha value is -1.18. The lowest BCUT2D eigenvalue weighted by molar-refractivity contribution is -0.124. The van der Waals surface area contributed by atoms with E-state index < -0.39 is 0 Å². The Labute approximate surface area is 114 Å². The molecule has 0 rings (SSSR count). The summed E-state index contributed by atoms with van der Waals surface area (Å²) < 4.78 is 9.70. The molecule has 0 bridgehead atoms. The zero-order valence-electron chi connectivity index (χ0n) is 12.0. The van der Waals surface area contributed by atoms with Crippen molar-refractivity contribution in [3.8, 4) is 0 Å². The largest absolute Gasteiger partial charge is 0.385 e. The van der Waals surface area contributed by atoms with Gasteiger partial charge in [0.15, 0.2) is 0 Å². The topological polar surface area (TPSA) is 79.9 Å². The summed E-state index contributed by atoms with van der Waals surface area (Å²) in [4.78, 5) is 24.6. The van der Waals surface area contributed by atoms with Crippen LogP contribution in [0.25, 0.3) is 0 Å². The van der Waals surface area contributed by atoms with Crippen molar-refractivity contribution in [2.45, 2.75) is 6.42 Å². The SMILES string of the molecule is COCCCNC(=O)CN(C)CC(=O)NCCOC. The summed E-state index contributed by atoms with van der Waals surface area (Å²) in [7, 11) is 4.93. The number of hydrogen-bond acceptors (Lipinski definition) is 5. The minimum Gasteiger partial charge on any atom is -0.385 e. The van der Waals surface area contributed by atoms with Gasteiger partial charge in [-0.2, -0.15) is 0 Å². The van der Waals surface area contributed by atoms with Crippen molar-refractivity contribution < 1.29 is 19.1 Å². The number of carbonyl (C=O) groups excluding carboxylic acids is 2. The van der Waals surface area contributed by atoms with Gasteiger partial charge in [-0.15, -0.1) is 0 Å². The lowest BCUT2D eigenvalue weighted by Gasteiger charge is -2.15. The summed E-state index contributed by atoms with van der Waals surface area (Å²) in [5, 5.41) is 5.46. The minimum atomic E-state index is -0.119. The first-order chi connectivity index (χ1) is 9.10. The lowest BCUT2D eigenvalue weighted by Crippen LogP contribution is -2.41. The summed E-state index contributed by atoms with van der Waals surface area (Å²) >= 11 is 0. The van der Waals surface area contributed by atoms with Crippen LogP contribution in [0.15, 0.2) is 0 Å². The molecule has 7 heteroatoms. The molecule has 0 aliphatic heterocycles. The molecule has 0 aromatic rings. The number of hydrogen-bond donors (Lipinski definition) is 2. The quantitative estimate of drug-likeness (QED) is 0.465. The normalized spacial score (nSPS) is 10.5. The third-order valence-electron chi connectivity index (χ3n) is 2.30. The van der Waals surface area contributed by atoms with Crippen molar-refractivity contribution in [3.63, 3.8) is 0 Å². The number of nitrogens with one attached hydrogen (secondary N) is 2. The molecule has 0 atom stereocenters. The van der Waals surface area contributed by atoms with Gasteiger partial charge in [0.25, 0.3) is 0 Å². The summed E-state index contributed by atoms with van der Waals surface area (Å²) in [6.45, 7) is 2.56. The van der Waals surface area contributed by atoms with Crippen molar-refractivity contribution >= 4 is 11.8 Å². The Balaban J connectivity index is 3.63. The van der Waals surface area contributed by atoms with Crippen molar-refractivity contribution in [3.05, 3.63) is 0 Å². The van der Waals surface area contributed by atoms with Gasteiger partial charge in [-0.1, -0.05) is 0 Å². The van der Waals surface area contributed by atoms with E-state index in [-0.39, 0.29) is 24.9 Å². The number of carbonyl (C=O) groups is 2. The number of rotatable bonds is 11. The molecule has 112 valence electrons. The second-order valence-corrected chi connectivity index (χ2v) is 4.21. The van der Waals surface area contributed by atoms with Crippen molar-refractivity contribution in [2.24, 2.45) is 0 Å². The Morgan fingerprint density at radius 3 is 2.00 bits per heavy atom. The molecule has 0 fully saturated rings. The average Bonchev–Trinajstić information content (AvgIpc) is 2.34. The molecule has 0 aliphatic carbocycles. The molecule has 0 saturated heterocycles. The molecule has 7 nitrogen and oxygen atoms in total. The summed E-state index contributed by atoms with van der Waals surface area (Å²) in [5.41, 5.74) is 0. The Bertz CT molecular complexity index is 261. The first kappa shape index (κ1) is 17.8. The Morgan fingerprint density at radius 1 is 0.947 bits per heavy atom. The van der Waals surface area contributed by atoms with E-state index >= 15 is 0 Å². The third-order valence-corrected chi connectivity index (χ3v) is 2.30. The van der Waals surface area contributed by atoms with Crippen molar-refractivity contribution in [1.29, 1.82) is 0 Å². The summed E-state index contributed by atoms with van der Waals surface area (Å²) in [6, 6.07) is 0. The molecule has 0 radical (unpaired) electrons. The Kier molecular flexibility index (Phi) is 11.1. The third kappa shape index (κ3) is 11.6. The first-order valence-electron chi connectivity index (χ1n) is 6.30. The second-order valence-electron chi connectivity index (χ2n) is 4.21. The standard InChI is InChI=1S/C12H25N3O4/c1-15(10-12(17)14-6-8-19-3)9-11(16)13-5-4-7-18-2/h4-10H2,1-3H3,(H,13,16)(H,14,17). The van der Waals surface area contributed by atoms with Gasteiger partial charge in [-0.3, -0.25) is 14.5 Å². The van der Waals surface area contributed by atoms with E-state index in [1.165, 1.54) is 0 Å². The van der Waals surface area contributed by atoms with Gasteiger partial charge in [0, 0.05) is 33.9 Å². The van der Waals surface area contributed by atoms with Crippen LogP contribution in [0.1, 0.15) is 6.42 Å². The molecular weight excluding hydrogens is 250 g/mol. The smallest absolute Gasteiger partial charge is 0.234 e. The van der Waals surface area contributed by atoms with Crippen LogP contribution in [0.3, 0.4) is 0 Å². The van der Waals surface area contributed by atoms with Crippen molar-refractivity contribution in [1.82, 2.24) is 15.5 Å². The van der Waals surface area contributed by atoms with Crippen molar-refractivity contribution in [2.75, 3.05) is 60.7 Å². The van der Waals surface area contributed by atoms with Crippen LogP contribution in [0, 0.1) is 0 Å². The highest BCUT2D eigenvalue weighted by Gasteiger charge is 2.09. The van der Waals surface area contributed by atoms with Gasteiger partial charge in [-0.25, -0.2) is 0 Å². The molecule has 2 N–H and O–H groups in total. The van der Waals surface area contributed by atoms with E-state index in [0.29, 0.717) is 26.3 Å². The number of amides is 2. The van der Waals surface area contributed by atoms with E-state index in [1.807, 2.05) is 0 Å². The highest BCUT2D eigenvalue weighted by atomic mass is 16.5. The minimum absolute atomic E-state index is 0.0942. The highest BCUT2D eigenvalue weighted by molar-refractivity contribution is 5.81. The van der Waals surface area contributed by atoms with Gasteiger partial charge in [0.1, 0.15) is 0 Å². The van der Waals surface area contributed by atoms with E-state index in [1.54, 1.807) is 26.2 Å². The van der Waals surface area contributed by atoms with Crippen LogP contribution in [-0.4, -0.2) is 77.4 Å². The average molecular weight is 275 g/mol. The molecule has 19 heavy (non-hydrogen) atoms. The first-order valence-corrected chi connectivity index (χ1v) is 6.30. The molecule has 2 amide bonds. The van der Waals surface area contributed by atoms with Gasteiger partial charge >= 0.3 is 0 Å². The number of methoxy groups -OCH3 is 2. The zero-order chi connectivity index (χ0) is 14.5. The molecule has 0 aromatic carbocycles. The van der Waals surface area contributed by atoms with Crippen LogP contribution in [0.5, 0.6) is 0 Å². The van der Waals surface area contributed by atoms with E-state index in [9.17, 15) is 9.59 Å². The van der Waals surface area contributed by atoms with Gasteiger partial charge in [-0.05, 0) is 13.5 Å². The fraction of sp³-hybridized carbons (Fsp3) is 0.833. The predicted molar refractivity (Wildman–Crippen MR) is 71.9 cm³/mol. The maximum absolute atomic E-state index is 11.5. The fourth-order valence-electron chi connectivity index (χ4n) is 1.39. The predicted octanol–water partition coefficient (Wildman–Crippen LogP) is -1.17. The molecule has 0 heterocycles. The molecular formula is C12H25N3O4. The molecule has 0 saturated carbocycles. The maximum Gasteiger partial charge on any atom is 0.234 e. The number of ether oxygens (including phenoxy) is 2. The van der Waals surface area contributed by atoms with Crippen LogP contribution < -0.4 is 10.6 Å². The number of likely N-dealkylation sites (N-methyl/N-ethyl adjacent to an activating group) is 1. The molecule has 0 aliphatic rings. The molecule has 0 unspecified atom stereocenters. The van der Waals surface area contributed by atoms with E-state index in [2.05, 4.69) is 10.6 Å². The van der Waals surface area contributed by atoms with Crippen LogP contribution in [-0.2, 0) is 19.1 Å². The molecule has 0 aromatic heterocycles. The van der Waals surface area contributed by atoms with Gasteiger partial charge in [0.05, 0.1) is 19.7 Å². The molecule has 0 spiro atoms. The van der Waals surface area contributed by atoms with Gasteiger partial charge < -0.3 is 20.1 Å². The second kappa shape index (κ2) is 11.9. The van der Waals surface area contributed by atoms with E-state index in [0.717, 1.165) is 6.42 Å². The van der Waals surface area contributed by atoms with E-state index in [4.69, 9.17) is 9.47 Å². The zero-order valence-corrected chi connectivity index (χ0v) is 12.0. The van der Waals surface area contributed by atoms with Gasteiger partial charge in [0.2, 0.25) is 11.8 Å². The number of nitrogens with zero attached hydrogens (tertiary/aromatic N) is 1. The summed E-state index contributed by atoms with van der Waals surface area (Å²) in [6.07, 6.45) is 0.781. The lowest BCUT2D eigenvalue weighted by atomic mass is 10.4. The fourth-order valence-corrected chi connectivity index (χ4v) is 1.39. The van der Waals surface area contributed by atoms with Crippen LogP contribution in [0.4, 0.5) is 0 Å². The van der Waals surface area contributed by atoms with Crippen LogP contribution >= 0.6 is 0 Å². The highest BCUT2D eigenvalue weighted by Crippen LogP contribution is 1.84. The maximum atomic E-state index is 11.5.